The number of aliphatic hydroxyl groups excluding tert-OH is 19. The van der Waals surface area contributed by atoms with Gasteiger partial charge in [0.05, 0.1) is 63.2 Å². The minimum Gasteiger partial charge on any atom is -0.469 e. The first kappa shape index (κ1) is 79.5. The van der Waals surface area contributed by atoms with Gasteiger partial charge in [-0.3, -0.25) is 9.59 Å². The van der Waals surface area contributed by atoms with Crippen molar-refractivity contribution in [2.45, 2.75) is 303 Å². The highest BCUT2D eigenvalue weighted by molar-refractivity contribution is 5.81. The van der Waals surface area contributed by atoms with E-state index in [1.54, 1.807) is 0 Å². The van der Waals surface area contributed by atoms with Crippen LogP contribution in [0.15, 0.2) is 11.6 Å². The summed E-state index contributed by atoms with van der Waals surface area (Å²) in [4.78, 5) is 28.6. The van der Waals surface area contributed by atoms with E-state index < -0.39 is 263 Å². The van der Waals surface area contributed by atoms with E-state index in [1.807, 2.05) is 6.92 Å². The Morgan fingerprint density at radius 2 is 0.842 bits per heavy atom. The zero-order valence-corrected chi connectivity index (χ0v) is 57.9. The van der Waals surface area contributed by atoms with Crippen molar-refractivity contribution >= 4 is 11.9 Å². The fraction of sp³-hybridized carbons (Fsp3) is 0.940. The van der Waals surface area contributed by atoms with Crippen LogP contribution in [-0.4, -0.2) is 339 Å². The van der Waals surface area contributed by atoms with Gasteiger partial charge in [0, 0.05) is 0 Å². The lowest BCUT2D eigenvalue weighted by atomic mass is 9.33. The summed E-state index contributed by atoms with van der Waals surface area (Å²) in [6, 6.07) is 0. The number of carbonyl (C=O) groups is 2. The van der Waals surface area contributed by atoms with Crippen LogP contribution in [0.2, 0.25) is 0 Å². The summed E-state index contributed by atoms with van der Waals surface area (Å²) >= 11 is 0. The number of rotatable bonds is 18. The largest absolute Gasteiger partial charge is 0.469 e. The average Bonchev–Trinajstić information content (AvgIpc) is 0.675. The van der Waals surface area contributed by atoms with Gasteiger partial charge in [-0.15, -0.1) is 0 Å². The molecule has 0 aromatic heterocycles. The van der Waals surface area contributed by atoms with Crippen molar-refractivity contribution < 1.29 is 168 Å². The van der Waals surface area contributed by atoms with E-state index in [0.29, 0.717) is 38.5 Å². The third kappa shape index (κ3) is 13.5. The number of hydrogen-bond acceptors (Lipinski definition) is 34. The molecule has 4 saturated carbocycles. The van der Waals surface area contributed by atoms with Crippen molar-refractivity contribution in [3.05, 3.63) is 11.6 Å². The zero-order chi connectivity index (χ0) is 73.9. The molecule has 6 saturated heterocycles. The number of hydrogen-bond donors (Lipinski definition) is 19. The van der Waals surface area contributed by atoms with Gasteiger partial charge < -0.3 is 159 Å². The summed E-state index contributed by atoms with van der Waals surface area (Å²) in [6.07, 6.45) is -46.4. The topological polar surface area (TPSA) is 539 Å². The molecule has 0 aromatic carbocycles. The number of aliphatic hydroxyl groups is 19. The number of carbonyl (C=O) groups excluding carboxylic acids is 2. The Morgan fingerprint density at radius 1 is 0.436 bits per heavy atom. The molecule has 0 bridgehead atoms. The molecule has 6 aliphatic heterocycles. The van der Waals surface area contributed by atoms with Gasteiger partial charge in [-0.2, -0.15) is 0 Å². The van der Waals surface area contributed by atoms with E-state index in [4.69, 9.17) is 61.6 Å². The van der Waals surface area contributed by atoms with Crippen molar-refractivity contribution in [2.24, 2.45) is 50.2 Å². The molecule has 10 fully saturated rings. The Kier molecular flexibility index (Phi) is 23.7. The molecular weight excluding hydrogens is 1350 g/mol. The fourth-order valence-electron chi connectivity index (χ4n) is 19.7. The first-order chi connectivity index (χ1) is 47.5. The monoisotopic (exact) mass is 1460 g/mol. The third-order valence-electron chi connectivity index (χ3n) is 26.1. The summed E-state index contributed by atoms with van der Waals surface area (Å²) in [6.45, 7) is 9.89. The number of ether oxygens (including phenoxy) is 13. The predicted octanol–water partition coefficient (Wildman–Crippen LogP) is -6.21. The second kappa shape index (κ2) is 30.2. The number of methoxy groups -OCH3 is 1. The predicted molar refractivity (Wildman–Crippen MR) is 333 cm³/mol. The highest BCUT2D eigenvalue weighted by atomic mass is 16.8. The second-order valence-electron chi connectivity index (χ2n) is 31.8. The third-order valence-corrected chi connectivity index (χ3v) is 26.1. The van der Waals surface area contributed by atoms with E-state index in [0.717, 1.165) is 18.4 Å². The number of fused-ring (bicyclic) bond motifs is 7. The number of allylic oxidation sites excluding steroid dienone is 2. The lowest BCUT2D eigenvalue weighted by Crippen LogP contribution is -2.68. The van der Waals surface area contributed by atoms with Crippen LogP contribution in [-0.2, 0) is 71.2 Å². The van der Waals surface area contributed by atoms with Crippen LogP contribution in [0.4, 0.5) is 0 Å². The lowest BCUT2D eigenvalue weighted by molar-refractivity contribution is -0.394. The smallest absolute Gasteiger partial charge is 0.315 e. The summed E-state index contributed by atoms with van der Waals surface area (Å²) in [5.41, 5.74) is -2.87. The summed E-state index contributed by atoms with van der Waals surface area (Å²) < 4.78 is 75.9. The normalized spacial score (nSPS) is 53.7. The molecule has 0 radical (unpaired) electrons. The molecule has 0 aromatic rings. The van der Waals surface area contributed by atoms with E-state index in [-0.39, 0.29) is 35.5 Å². The van der Waals surface area contributed by atoms with E-state index in [9.17, 15) is 107 Å². The van der Waals surface area contributed by atoms with Crippen LogP contribution in [0, 0.1) is 50.2 Å². The minimum absolute atomic E-state index is 0.0176. The molecular formula is C67H108O34. The van der Waals surface area contributed by atoms with E-state index in [1.165, 1.54) is 14.0 Å². The molecule has 11 rings (SSSR count). The van der Waals surface area contributed by atoms with Gasteiger partial charge in [0.2, 0.25) is 6.29 Å². The van der Waals surface area contributed by atoms with Crippen LogP contribution in [0.5, 0.6) is 0 Å². The summed E-state index contributed by atoms with van der Waals surface area (Å²) in [7, 11) is 1.34. The standard InChI is InChI=1S/C67H108O34/c1-25-36(73)38(75)44(81)54(90-25)97-50-30(22-70)93-56(47(84)41(50)78)99-52-32(24-72)95-58(49(86)43(52)80)100-53-31(23-71)94-57(48(85)42(53)79)98-51-29(21-69)92-55(46(83)40(51)77)96-35-12-13-64(5)33(62(35,2)3)11-14-66(7)34(64)10-9-26-27-19-63(4,60(87)89-8)15-17-67(27,18-16-65(26,66)6)61(88)101-59-45(82)39(76)37(74)28(20-68)91-59/h9,25,27-59,68-86H,10-24H2,1-8H3/t25-,27-,28-,29-,30-,31-,32-,33+,34-,35?,36-,37-,38+,39+,40-,41-,42-,43-,44+,45-,46-,47-,48-,49-,50-,51-,52-,53-,54+,55+,56+,57+,58+,59+,63+,64+,65-,66-,67+/m1/s1. The van der Waals surface area contributed by atoms with Crippen LogP contribution in [0.1, 0.15) is 113 Å². The highest BCUT2D eigenvalue weighted by Gasteiger charge is 2.71. The fourth-order valence-corrected chi connectivity index (χ4v) is 19.7. The van der Waals surface area contributed by atoms with Gasteiger partial charge >= 0.3 is 11.9 Å². The van der Waals surface area contributed by atoms with Gasteiger partial charge in [-0.1, -0.05) is 46.3 Å². The Bertz CT molecular complexity index is 2870. The minimum atomic E-state index is -2.15. The average molecular weight is 1460 g/mol. The van der Waals surface area contributed by atoms with Gasteiger partial charge in [0.15, 0.2) is 31.5 Å². The molecule has 0 amide bonds. The maximum Gasteiger partial charge on any atom is 0.315 e. The molecule has 39 atom stereocenters. The molecule has 6 heterocycles. The first-order valence-corrected chi connectivity index (χ1v) is 35.3. The number of esters is 2. The maximum absolute atomic E-state index is 14.9. The van der Waals surface area contributed by atoms with Crippen molar-refractivity contribution in [3.8, 4) is 0 Å². The van der Waals surface area contributed by atoms with Crippen LogP contribution >= 0.6 is 0 Å². The molecule has 0 spiro atoms. The first-order valence-electron chi connectivity index (χ1n) is 35.3. The highest BCUT2D eigenvalue weighted by Crippen LogP contribution is 2.76. The molecule has 5 aliphatic carbocycles. The Balaban J connectivity index is 0.721. The molecule has 101 heavy (non-hydrogen) atoms. The second-order valence-corrected chi connectivity index (χ2v) is 31.8. The van der Waals surface area contributed by atoms with Crippen molar-refractivity contribution in [1.82, 2.24) is 0 Å². The van der Waals surface area contributed by atoms with E-state index in [2.05, 4.69) is 40.7 Å². The van der Waals surface area contributed by atoms with Crippen molar-refractivity contribution in [2.75, 3.05) is 40.1 Å². The van der Waals surface area contributed by atoms with Crippen LogP contribution in [0.3, 0.4) is 0 Å². The molecule has 580 valence electrons. The molecule has 34 heteroatoms. The Morgan fingerprint density at radius 3 is 1.30 bits per heavy atom. The molecule has 11 aliphatic rings. The van der Waals surface area contributed by atoms with Gasteiger partial charge in [-0.05, 0) is 117 Å². The molecule has 34 nitrogen and oxygen atoms in total. The van der Waals surface area contributed by atoms with Crippen LogP contribution in [0.25, 0.3) is 0 Å². The van der Waals surface area contributed by atoms with Crippen molar-refractivity contribution in [1.29, 1.82) is 0 Å². The van der Waals surface area contributed by atoms with E-state index >= 15 is 0 Å². The van der Waals surface area contributed by atoms with Gasteiger partial charge in [0.1, 0.15) is 140 Å². The lowest BCUT2D eigenvalue weighted by Gasteiger charge is -2.71. The van der Waals surface area contributed by atoms with Gasteiger partial charge in [-0.25, -0.2) is 0 Å². The SMILES string of the molecule is COC(=O)[C@@]1(C)CC[C@]2(C(=O)O[C@@H]3O[C@H](CO)[C@@H](O)[C@H](O)[C@H]3O)CC[C@]3(C)C(=CC[C@@H]4[C@@]5(C)CCC(O[C@@H]6O[C@H](CO)[C@@H](O[C@@H]7O[C@H](CO)[C@@H](O[C@@H]8O[C@H](CO)[C@@H](O[C@@H]9O[C@H](CO)[C@@H](O[C@@H]%10O[C@H](C)[C@@H](O)[C@H](O)[C@@H]%10O)[C@H](O)[C@H]9O)[C@H](O)[C@H]8O)[C@H](O)[C@H]7O)[C@H](O)[C@H]6O)C(C)(C)[C@@H]5CC[C@]43C)[C@H]2C1. The van der Waals surface area contributed by atoms with Crippen LogP contribution < -0.4 is 0 Å². The van der Waals surface area contributed by atoms with Gasteiger partial charge in [0.25, 0.3) is 0 Å². The Hall–Kier alpha value is -2.52. The maximum atomic E-state index is 14.9. The van der Waals surface area contributed by atoms with Crippen molar-refractivity contribution in [3.63, 3.8) is 0 Å². The summed E-state index contributed by atoms with van der Waals surface area (Å²) in [5, 5.41) is 207. The molecule has 1 unspecified atom stereocenters. The molecule has 19 N–H and O–H groups in total. The quantitative estimate of drug-likeness (QED) is 0.0345. The Labute approximate surface area is 583 Å². The summed E-state index contributed by atoms with van der Waals surface area (Å²) in [5.74, 6) is -1.48. The zero-order valence-electron chi connectivity index (χ0n) is 57.9.